The molecule has 0 atom stereocenters. The van der Waals surface area contributed by atoms with Gasteiger partial charge in [-0.05, 0) is 40.5 Å². The number of amides is 1. The van der Waals surface area contributed by atoms with Crippen molar-refractivity contribution in [1.29, 1.82) is 0 Å². The second-order valence-electron chi connectivity index (χ2n) is 6.46. The van der Waals surface area contributed by atoms with Crippen molar-refractivity contribution in [3.05, 3.63) is 0 Å². The predicted molar refractivity (Wildman–Crippen MR) is 74.7 cm³/mol. The molecule has 19 heavy (non-hydrogen) atoms. The van der Waals surface area contributed by atoms with E-state index in [-0.39, 0.29) is 18.3 Å². The van der Waals surface area contributed by atoms with E-state index in [1.807, 2.05) is 27.7 Å². The van der Waals surface area contributed by atoms with E-state index in [1.165, 1.54) is 0 Å². The zero-order valence-corrected chi connectivity index (χ0v) is 12.7. The lowest BCUT2D eigenvalue weighted by Gasteiger charge is -2.35. The molecule has 1 aliphatic carbocycles. The average molecular weight is 269 g/mol. The van der Waals surface area contributed by atoms with Crippen LogP contribution in [-0.4, -0.2) is 24.0 Å². The minimum Gasteiger partial charge on any atom is -0.460 e. The van der Waals surface area contributed by atoms with Crippen molar-refractivity contribution in [3.63, 3.8) is 0 Å². The molecule has 1 fully saturated rings. The number of ether oxygens (including phenoxy) is 1. The summed E-state index contributed by atoms with van der Waals surface area (Å²) in [6.45, 7) is 8.07. The summed E-state index contributed by atoms with van der Waals surface area (Å²) in [5.74, 6) is -0.249. The van der Waals surface area contributed by atoms with Crippen LogP contribution >= 0.6 is 0 Å². The maximum Gasteiger partial charge on any atom is 0.307 e. The van der Waals surface area contributed by atoms with Crippen LogP contribution in [0, 0.1) is 5.41 Å². The molecular weight excluding hydrogens is 242 g/mol. The van der Waals surface area contributed by atoms with Crippen molar-refractivity contribution >= 4 is 11.9 Å². The number of hydrogen-bond acceptors (Lipinski definition) is 3. The Morgan fingerprint density at radius 3 is 2.21 bits per heavy atom. The quantitative estimate of drug-likeness (QED) is 0.798. The van der Waals surface area contributed by atoms with Crippen LogP contribution in [0.4, 0.5) is 0 Å². The molecule has 0 bridgehead atoms. The first-order valence-corrected chi connectivity index (χ1v) is 7.29. The molecule has 1 aliphatic rings. The molecule has 0 heterocycles. The van der Waals surface area contributed by atoms with Crippen LogP contribution in [-0.2, 0) is 14.3 Å². The summed E-state index contributed by atoms with van der Waals surface area (Å²) in [7, 11) is 0. The molecule has 1 amide bonds. The van der Waals surface area contributed by atoms with E-state index in [0.29, 0.717) is 6.54 Å². The summed E-state index contributed by atoms with van der Waals surface area (Å²) in [5, 5.41) is 2.88. The van der Waals surface area contributed by atoms with Gasteiger partial charge in [0.05, 0.1) is 11.8 Å². The molecule has 0 spiro atoms. The summed E-state index contributed by atoms with van der Waals surface area (Å²) in [4.78, 5) is 24.3. The molecule has 110 valence electrons. The smallest absolute Gasteiger partial charge is 0.307 e. The molecule has 0 aromatic carbocycles. The van der Waals surface area contributed by atoms with Crippen LogP contribution in [0.3, 0.4) is 0 Å². The highest BCUT2D eigenvalue weighted by molar-refractivity contribution is 5.87. The van der Waals surface area contributed by atoms with Gasteiger partial charge in [-0.15, -0.1) is 0 Å². The topological polar surface area (TPSA) is 55.4 Å². The fourth-order valence-electron chi connectivity index (χ4n) is 2.71. The molecule has 0 aromatic rings. The Morgan fingerprint density at radius 2 is 1.74 bits per heavy atom. The molecule has 0 aromatic heterocycles. The summed E-state index contributed by atoms with van der Waals surface area (Å²) in [6, 6.07) is 0. The summed E-state index contributed by atoms with van der Waals surface area (Å²) >= 11 is 0. The van der Waals surface area contributed by atoms with Crippen LogP contribution in [0.5, 0.6) is 0 Å². The number of carbonyl (C=O) groups is 2. The first kappa shape index (κ1) is 16.0. The van der Waals surface area contributed by atoms with Crippen molar-refractivity contribution in [3.8, 4) is 0 Å². The largest absolute Gasteiger partial charge is 0.460 e. The molecule has 1 saturated carbocycles. The van der Waals surface area contributed by atoms with Gasteiger partial charge in [-0.1, -0.05) is 19.3 Å². The Balaban J connectivity index is 2.74. The standard InChI is InChI=1S/C15H27NO3/c1-5-16-13(18)15(9-7-6-8-10-15)11-12(17)19-14(2,3)4/h5-11H2,1-4H3,(H,16,18). The van der Waals surface area contributed by atoms with Gasteiger partial charge in [0.2, 0.25) is 5.91 Å². The summed E-state index contributed by atoms with van der Waals surface area (Å²) in [5.41, 5.74) is -1.04. The van der Waals surface area contributed by atoms with Gasteiger partial charge in [0.15, 0.2) is 0 Å². The molecule has 0 saturated heterocycles. The summed E-state index contributed by atoms with van der Waals surface area (Å²) < 4.78 is 5.37. The molecule has 0 aliphatic heterocycles. The molecule has 1 rings (SSSR count). The molecule has 1 N–H and O–H groups in total. The predicted octanol–water partition coefficient (Wildman–Crippen LogP) is 2.80. The molecular formula is C15H27NO3. The lowest BCUT2D eigenvalue weighted by Crippen LogP contribution is -2.44. The van der Waals surface area contributed by atoms with Gasteiger partial charge in [0.1, 0.15) is 5.60 Å². The Bertz CT molecular complexity index is 325. The SMILES string of the molecule is CCNC(=O)C1(CC(=O)OC(C)(C)C)CCCCC1. The van der Waals surface area contributed by atoms with E-state index in [4.69, 9.17) is 4.74 Å². The van der Waals surface area contributed by atoms with Crippen LogP contribution in [0.25, 0.3) is 0 Å². The number of rotatable bonds is 4. The van der Waals surface area contributed by atoms with Crippen LogP contribution < -0.4 is 5.32 Å². The number of esters is 1. The van der Waals surface area contributed by atoms with Crippen molar-refractivity contribution in [1.82, 2.24) is 5.32 Å². The third-order valence-corrected chi connectivity index (χ3v) is 3.53. The second kappa shape index (κ2) is 6.40. The van der Waals surface area contributed by atoms with Crippen LogP contribution in [0.2, 0.25) is 0 Å². The Morgan fingerprint density at radius 1 is 1.16 bits per heavy atom. The van der Waals surface area contributed by atoms with E-state index >= 15 is 0 Å². The molecule has 4 nitrogen and oxygen atoms in total. The minimum absolute atomic E-state index is 0.0144. The van der Waals surface area contributed by atoms with Gasteiger partial charge in [-0.2, -0.15) is 0 Å². The van der Waals surface area contributed by atoms with Gasteiger partial charge < -0.3 is 10.1 Å². The van der Waals surface area contributed by atoms with E-state index in [1.54, 1.807) is 0 Å². The number of carbonyl (C=O) groups excluding carboxylic acids is 2. The normalized spacial score (nSPS) is 18.7. The van der Waals surface area contributed by atoms with E-state index < -0.39 is 11.0 Å². The maximum atomic E-state index is 12.3. The Kier molecular flexibility index (Phi) is 5.39. The van der Waals surface area contributed by atoms with Crippen molar-refractivity contribution in [2.24, 2.45) is 5.41 Å². The third-order valence-electron chi connectivity index (χ3n) is 3.53. The minimum atomic E-state index is -0.545. The molecule has 0 unspecified atom stereocenters. The lowest BCUT2D eigenvalue weighted by atomic mass is 9.71. The summed E-state index contributed by atoms with van der Waals surface area (Å²) in [6.07, 6.45) is 4.96. The monoisotopic (exact) mass is 269 g/mol. The zero-order chi connectivity index (χ0) is 14.5. The second-order valence-corrected chi connectivity index (χ2v) is 6.46. The van der Waals surface area contributed by atoms with E-state index in [9.17, 15) is 9.59 Å². The van der Waals surface area contributed by atoms with Crippen LogP contribution in [0.1, 0.15) is 66.2 Å². The lowest BCUT2D eigenvalue weighted by molar-refractivity contribution is -0.161. The van der Waals surface area contributed by atoms with Crippen molar-refractivity contribution in [2.75, 3.05) is 6.54 Å². The highest BCUT2D eigenvalue weighted by atomic mass is 16.6. The van der Waals surface area contributed by atoms with E-state index in [0.717, 1.165) is 32.1 Å². The van der Waals surface area contributed by atoms with Crippen molar-refractivity contribution < 1.29 is 14.3 Å². The fraction of sp³-hybridized carbons (Fsp3) is 0.867. The molecule has 4 heteroatoms. The highest BCUT2D eigenvalue weighted by Crippen LogP contribution is 2.40. The van der Waals surface area contributed by atoms with Crippen LogP contribution in [0.15, 0.2) is 0 Å². The van der Waals surface area contributed by atoms with Gasteiger partial charge in [-0.3, -0.25) is 9.59 Å². The third kappa shape index (κ3) is 4.84. The number of hydrogen-bond donors (Lipinski definition) is 1. The number of nitrogens with one attached hydrogen (secondary N) is 1. The Labute approximate surface area is 116 Å². The highest BCUT2D eigenvalue weighted by Gasteiger charge is 2.42. The first-order valence-electron chi connectivity index (χ1n) is 7.29. The van der Waals surface area contributed by atoms with Gasteiger partial charge in [0, 0.05) is 6.54 Å². The zero-order valence-electron chi connectivity index (χ0n) is 12.7. The van der Waals surface area contributed by atoms with Crippen molar-refractivity contribution in [2.45, 2.75) is 71.8 Å². The van der Waals surface area contributed by atoms with Gasteiger partial charge >= 0.3 is 5.97 Å². The molecule has 0 radical (unpaired) electrons. The fourth-order valence-corrected chi connectivity index (χ4v) is 2.71. The maximum absolute atomic E-state index is 12.3. The average Bonchev–Trinajstić information content (AvgIpc) is 2.27. The van der Waals surface area contributed by atoms with Gasteiger partial charge in [0.25, 0.3) is 0 Å². The van der Waals surface area contributed by atoms with Gasteiger partial charge in [-0.25, -0.2) is 0 Å². The first-order chi connectivity index (χ1) is 8.79. The van der Waals surface area contributed by atoms with E-state index in [2.05, 4.69) is 5.32 Å². The Hall–Kier alpha value is -1.06.